The summed E-state index contributed by atoms with van der Waals surface area (Å²) in [5, 5.41) is 14.3. The first-order valence-electron chi connectivity index (χ1n) is 7.65. The number of rotatable bonds is 5. The summed E-state index contributed by atoms with van der Waals surface area (Å²) >= 11 is 6.03. The van der Waals surface area contributed by atoms with Gasteiger partial charge in [0.2, 0.25) is 0 Å². The lowest BCUT2D eigenvalue weighted by Gasteiger charge is -2.13. The van der Waals surface area contributed by atoms with Crippen LogP contribution in [0.1, 0.15) is 18.1 Å². The first-order valence-corrected chi connectivity index (χ1v) is 8.03. The number of pyridine rings is 1. The second kappa shape index (κ2) is 8.57. The van der Waals surface area contributed by atoms with E-state index in [4.69, 9.17) is 16.3 Å². The highest BCUT2D eigenvalue weighted by Crippen LogP contribution is 2.29. The standard InChI is InChI=1S/C19H16ClN3O.ClH/c1-2-24-16-6-7-18-17(9-16)19(14(10-21)12-22-18)23-11-13-4-3-5-15(20)8-13;/h3-9,12H,2,11H2,1H3,(H,22,23);1H. The maximum Gasteiger partial charge on any atom is 0.120 e. The molecule has 0 aliphatic rings. The molecule has 0 unspecified atom stereocenters. The van der Waals surface area contributed by atoms with Crippen molar-refractivity contribution in [2.24, 2.45) is 0 Å². The van der Waals surface area contributed by atoms with E-state index in [0.717, 1.165) is 27.9 Å². The van der Waals surface area contributed by atoms with Gasteiger partial charge < -0.3 is 10.1 Å². The average molecular weight is 374 g/mol. The molecule has 1 heterocycles. The Labute approximate surface area is 157 Å². The Morgan fingerprint density at radius 3 is 2.80 bits per heavy atom. The molecule has 0 radical (unpaired) electrons. The molecule has 128 valence electrons. The normalized spacial score (nSPS) is 9.96. The van der Waals surface area contributed by atoms with E-state index < -0.39 is 0 Å². The summed E-state index contributed by atoms with van der Waals surface area (Å²) in [6, 6.07) is 15.5. The number of nitrogens with one attached hydrogen (secondary N) is 1. The topological polar surface area (TPSA) is 57.9 Å². The summed E-state index contributed by atoms with van der Waals surface area (Å²) in [7, 11) is 0. The lowest BCUT2D eigenvalue weighted by Crippen LogP contribution is -2.03. The maximum atomic E-state index is 9.41. The molecule has 0 bridgehead atoms. The van der Waals surface area contributed by atoms with Crippen LogP contribution in [0.25, 0.3) is 10.9 Å². The molecule has 0 spiro atoms. The molecule has 0 saturated heterocycles. The number of halogens is 2. The molecule has 6 heteroatoms. The third-order valence-electron chi connectivity index (χ3n) is 3.63. The Kier molecular flexibility index (Phi) is 6.46. The van der Waals surface area contributed by atoms with Gasteiger partial charge in [-0.2, -0.15) is 5.26 Å². The van der Waals surface area contributed by atoms with Crippen LogP contribution in [0, 0.1) is 11.3 Å². The van der Waals surface area contributed by atoms with Gasteiger partial charge in [0.05, 0.1) is 23.4 Å². The Morgan fingerprint density at radius 2 is 2.08 bits per heavy atom. The number of nitrogens with zero attached hydrogens (tertiary/aromatic N) is 2. The smallest absolute Gasteiger partial charge is 0.120 e. The van der Waals surface area contributed by atoms with Gasteiger partial charge >= 0.3 is 0 Å². The van der Waals surface area contributed by atoms with E-state index in [-0.39, 0.29) is 12.4 Å². The SMILES string of the molecule is CCOc1ccc2ncc(C#N)c(NCc3cccc(Cl)c3)c2c1.Cl. The predicted molar refractivity (Wildman–Crippen MR) is 104 cm³/mol. The van der Waals surface area contributed by atoms with E-state index in [0.29, 0.717) is 23.7 Å². The molecular weight excluding hydrogens is 357 g/mol. The summed E-state index contributed by atoms with van der Waals surface area (Å²) in [5.41, 5.74) is 3.10. The second-order valence-corrected chi connectivity index (χ2v) is 5.69. The van der Waals surface area contributed by atoms with Crippen molar-refractivity contribution in [3.05, 3.63) is 64.8 Å². The highest BCUT2D eigenvalue weighted by Gasteiger charge is 2.10. The minimum Gasteiger partial charge on any atom is -0.494 e. The summed E-state index contributed by atoms with van der Waals surface area (Å²) < 4.78 is 5.57. The van der Waals surface area contributed by atoms with Gasteiger partial charge in [0, 0.05) is 23.2 Å². The molecule has 25 heavy (non-hydrogen) atoms. The highest BCUT2D eigenvalue weighted by molar-refractivity contribution is 6.30. The number of fused-ring (bicyclic) bond motifs is 1. The molecule has 2 aromatic carbocycles. The zero-order chi connectivity index (χ0) is 16.9. The van der Waals surface area contributed by atoms with Gasteiger partial charge in [-0.15, -0.1) is 12.4 Å². The lowest BCUT2D eigenvalue weighted by molar-refractivity contribution is 0.340. The third-order valence-corrected chi connectivity index (χ3v) is 3.86. The van der Waals surface area contributed by atoms with Gasteiger partial charge in [-0.05, 0) is 42.8 Å². The van der Waals surface area contributed by atoms with Crippen LogP contribution in [-0.4, -0.2) is 11.6 Å². The summed E-state index contributed by atoms with van der Waals surface area (Å²) in [6.45, 7) is 3.09. The van der Waals surface area contributed by atoms with E-state index in [9.17, 15) is 5.26 Å². The minimum absolute atomic E-state index is 0. The molecule has 1 aromatic heterocycles. The van der Waals surface area contributed by atoms with Crippen molar-refractivity contribution in [2.45, 2.75) is 13.5 Å². The highest BCUT2D eigenvalue weighted by atomic mass is 35.5. The van der Waals surface area contributed by atoms with Crippen molar-refractivity contribution in [1.82, 2.24) is 4.98 Å². The fourth-order valence-electron chi connectivity index (χ4n) is 2.54. The predicted octanol–water partition coefficient (Wildman–Crippen LogP) is 5.19. The first kappa shape index (κ1) is 18.9. The molecule has 0 aliphatic carbocycles. The summed E-state index contributed by atoms with van der Waals surface area (Å²) in [6.07, 6.45) is 1.59. The molecule has 0 amide bonds. The van der Waals surface area contributed by atoms with Crippen molar-refractivity contribution in [3.8, 4) is 11.8 Å². The van der Waals surface area contributed by atoms with Gasteiger partial charge in [-0.3, -0.25) is 4.98 Å². The van der Waals surface area contributed by atoms with Gasteiger partial charge in [0.15, 0.2) is 0 Å². The average Bonchev–Trinajstić information content (AvgIpc) is 2.60. The van der Waals surface area contributed by atoms with Gasteiger partial charge in [-0.25, -0.2) is 0 Å². The van der Waals surface area contributed by atoms with Crippen LogP contribution in [0.15, 0.2) is 48.7 Å². The Balaban J connectivity index is 0.00000225. The van der Waals surface area contributed by atoms with Crippen LogP contribution in [0.2, 0.25) is 5.02 Å². The van der Waals surface area contributed by atoms with Crippen LogP contribution in [0.4, 0.5) is 5.69 Å². The van der Waals surface area contributed by atoms with E-state index in [1.165, 1.54) is 0 Å². The maximum absolute atomic E-state index is 9.41. The van der Waals surface area contributed by atoms with E-state index in [1.807, 2.05) is 49.4 Å². The summed E-state index contributed by atoms with van der Waals surface area (Å²) in [5.74, 6) is 0.757. The summed E-state index contributed by atoms with van der Waals surface area (Å²) in [4.78, 5) is 4.34. The van der Waals surface area contributed by atoms with E-state index in [1.54, 1.807) is 6.20 Å². The van der Waals surface area contributed by atoms with Crippen LogP contribution < -0.4 is 10.1 Å². The van der Waals surface area contributed by atoms with E-state index >= 15 is 0 Å². The quantitative estimate of drug-likeness (QED) is 0.668. The molecule has 3 rings (SSSR count). The Hall–Kier alpha value is -2.48. The first-order chi connectivity index (χ1) is 11.7. The molecule has 0 aliphatic heterocycles. The van der Waals surface area contributed by atoms with E-state index in [2.05, 4.69) is 16.4 Å². The number of hydrogen-bond acceptors (Lipinski definition) is 4. The molecular formula is C19H17Cl2N3O. The van der Waals surface area contributed by atoms with Crippen LogP contribution in [0.3, 0.4) is 0 Å². The molecule has 0 saturated carbocycles. The molecule has 3 aromatic rings. The largest absolute Gasteiger partial charge is 0.494 e. The number of benzene rings is 2. The van der Waals surface area contributed by atoms with Crippen LogP contribution in [0.5, 0.6) is 5.75 Å². The molecule has 4 nitrogen and oxygen atoms in total. The monoisotopic (exact) mass is 373 g/mol. The molecule has 1 N–H and O–H groups in total. The van der Waals surface area contributed by atoms with Crippen molar-refractivity contribution < 1.29 is 4.74 Å². The molecule has 0 atom stereocenters. The van der Waals surface area contributed by atoms with Gasteiger partial charge in [0.25, 0.3) is 0 Å². The minimum atomic E-state index is 0. The van der Waals surface area contributed by atoms with Gasteiger partial charge in [-0.1, -0.05) is 23.7 Å². The number of aromatic nitrogens is 1. The van der Waals surface area contributed by atoms with Gasteiger partial charge in [0.1, 0.15) is 11.8 Å². The Bertz CT molecular complexity index is 922. The number of nitriles is 1. The number of ether oxygens (including phenoxy) is 1. The van der Waals surface area contributed by atoms with Crippen molar-refractivity contribution in [1.29, 1.82) is 5.26 Å². The zero-order valence-electron chi connectivity index (χ0n) is 13.6. The van der Waals surface area contributed by atoms with Crippen LogP contribution in [-0.2, 0) is 6.54 Å². The fraction of sp³-hybridized carbons (Fsp3) is 0.158. The zero-order valence-corrected chi connectivity index (χ0v) is 15.2. The van der Waals surface area contributed by atoms with Crippen LogP contribution >= 0.6 is 24.0 Å². The lowest BCUT2D eigenvalue weighted by atomic mass is 10.1. The van der Waals surface area contributed by atoms with Crippen molar-refractivity contribution in [3.63, 3.8) is 0 Å². The third kappa shape index (κ3) is 4.33. The fourth-order valence-corrected chi connectivity index (χ4v) is 2.75. The number of anilines is 1. The number of hydrogen-bond donors (Lipinski definition) is 1. The molecule has 0 fully saturated rings. The van der Waals surface area contributed by atoms with Crippen molar-refractivity contribution in [2.75, 3.05) is 11.9 Å². The second-order valence-electron chi connectivity index (χ2n) is 5.25. The Morgan fingerprint density at radius 1 is 1.24 bits per heavy atom. The van der Waals surface area contributed by atoms with Crippen molar-refractivity contribution >= 4 is 40.6 Å².